The van der Waals surface area contributed by atoms with Crippen LogP contribution in [0.1, 0.15) is 12.0 Å². The standard InChI is InChI=1S/C8H8N2O/c11-7-3-5-10-8-6(7)2-1-4-9-8/h3-5H,1-2H2,(H,10,11). The van der Waals surface area contributed by atoms with E-state index in [0.29, 0.717) is 0 Å². The summed E-state index contributed by atoms with van der Waals surface area (Å²) >= 11 is 0. The quantitative estimate of drug-likeness (QED) is 0.586. The Kier molecular flexibility index (Phi) is 1.35. The second-order valence-corrected chi connectivity index (χ2v) is 2.52. The molecule has 0 aromatic carbocycles. The van der Waals surface area contributed by atoms with Gasteiger partial charge in [-0.3, -0.25) is 4.79 Å². The van der Waals surface area contributed by atoms with Crippen molar-refractivity contribution >= 4 is 12.0 Å². The molecule has 0 saturated carbocycles. The van der Waals surface area contributed by atoms with Crippen LogP contribution in [0.4, 0.5) is 5.82 Å². The molecule has 0 bridgehead atoms. The molecule has 0 radical (unpaired) electrons. The zero-order valence-corrected chi connectivity index (χ0v) is 6.00. The van der Waals surface area contributed by atoms with Crippen LogP contribution >= 0.6 is 0 Å². The maximum atomic E-state index is 11.2. The summed E-state index contributed by atoms with van der Waals surface area (Å²) in [6.07, 6.45) is 5.15. The summed E-state index contributed by atoms with van der Waals surface area (Å²) < 4.78 is 0. The second-order valence-electron chi connectivity index (χ2n) is 2.52. The van der Waals surface area contributed by atoms with Crippen LogP contribution in [0.5, 0.6) is 0 Å². The van der Waals surface area contributed by atoms with Crippen molar-refractivity contribution in [3.63, 3.8) is 0 Å². The van der Waals surface area contributed by atoms with Gasteiger partial charge in [-0.15, -0.1) is 0 Å². The van der Waals surface area contributed by atoms with Gasteiger partial charge in [-0.25, -0.2) is 4.99 Å². The first-order chi connectivity index (χ1) is 5.38. The van der Waals surface area contributed by atoms with Gasteiger partial charge in [0.1, 0.15) is 5.82 Å². The molecular formula is C8H8N2O. The van der Waals surface area contributed by atoms with E-state index in [0.717, 1.165) is 24.2 Å². The highest BCUT2D eigenvalue weighted by Gasteiger charge is 2.07. The van der Waals surface area contributed by atoms with Gasteiger partial charge in [0.15, 0.2) is 5.43 Å². The number of rotatable bonds is 0. The van der Waals surface area contributed by atoms with Gasteiger partial charge in [-0.1, -0.05) is 0 Å². The third-order valence-corrected chi connectivity index (χ3v) is 1.78. The summed E-state index contributed by atoms with van der Waals surface area (Å²) in [6.45, 7) is 0. The predicted molar refractivity (Wildman–Crippen MR) is 43.5 cm³/mol. The third kappa shape index (κ3) is 0.981. The smallest absolute Gasteiger partial charge is 0.186 e. The van der Waals surface area contributed by atoms with Gasteiger partial charge in [0.25, 0.3) is 0 Å². The summed E-state index contributed by atoms with van der Waals surface area (Å²) in [5.74, 6) is 0.726. The molecule has 3 heteroatoms. The summed E-state index contributed by atoms with van der Waals surface area (Å²) in [6, 6.07) is 1.54. The van der Waals surface area contributed by atoms with Gasteiger partial charge < -0.3 is 4.98 Å². The van der Waals surface area contributed by atoms with Crippen molar-refractivity contribution in [2.75, 3.05) is 0 Å². The maximum absolute atomic E-state index is 11.2. The Hall–Kier alpha value is -1.38. The molecule has 1 N–H and O–H groups in total. The lowest BCUT2D eigenvalue weighted by atomic mass is 10.1. The second kappa shape index (κ2) is 2.34. The van der Waals surface area contributed by atoms with Gasteiger partial charge in [-0.2, -0.15) is 0 Å². The number of nitrogens with one attached hydrogen (secondary N) is 1. The van der Waals surface area contributed by atoms with E-state index < -0.39 is 0 Å². The van der Waals surface area contributed by atoms with E-state index in [1.807, 2.05) is 6.21 Å². The monoisotopic (exact) mass is 148 g/mol. The first kappa shape index (κ1) is 6.34. The van der Waals surface area contributed by atoms with Crippen molar-refractivity contribution < 1.29 is 0 Å². The summed E-state index contributed by atoms with van der Waals surface area (Å²) in [7, 11) is 0. The molecule has 0 aliphatic carbocycles. The maximum Gasteiger partial charge on any atom is 0.186 e. The first-order valence-corrected chi connectivity index (χ1v) is 3.61. The van der Waals surface area contributed by atoms with Crippen LogP contribution in [-0.4, -0.2) is 11.2 Å². The van der Waals surface area contributed by atoms with Crippen molar-refractivity contribution in [1.29, 1.82) is 0 Å². The molecule has 1 aromatic heterocycles. The van der Waals surface area contributed by atoms with Crippen LogP contribution in [0, 0.1) is 0 Å². The largest absolute Gasteiger partial charge is 0.346 e. The van der Waals surface area contributed by atoms with Crippen LogP contribution < -0.4 is 5.43 Å². The molecule has 56 valence electrons. The van der Waals surface area contributed by atoms with Crippen LogP contribution in [0.15, 0.2) is 22.1 Å². The molecule has 2 heterocycles. The molecule has 0 atom stereocenters. The average Bonchev–Trinajstić information content (AvgIpc) is 2.06. The lowest BCUT2D eigenvalue weighted by Gasteiger charge is -2.06. The van der Waals surface area contributed by atoms with E-state index in [1.165, 1.54) is 0 Å². The molecule has 1 aromatic rings. The van der Waals surface area contributed by atoms with Gasteiger partial charge >= 0.3 is 0 Å². The van der Waals surface area contributed by atoms with Crippen molar-refractivity contribution in [2.45, 2.75) is 12.8 Å². The number of H-pyrrole nitrogens is 1. The molecule has 2 rings (SSSR count). The fourth-order valence-corrected chi connectivity index (χ4v) is 1.22. The molecule has 0 spiro atoms. The zero-order valence-electron chi connectivity index (χ0n) is 6.00. The highest BCUT2D eigenvalue weighted by Crippen LogP contribution is 2.15. The first-order valence-electron chi connectivity index (χ1n) is 3.61. The minimum atomic E-state index is 0.0931. The summed E-state index contributed by atoms with van der Waals surface area (Å²) in [4.78, 5) is 18.2. The molecule has 0 unspecified atom stereocenters. The average molecular weight is 148 g/mol. The predicted octanol–water partition coefficient (Wildman–Crippen LogP) is 1.02. The SMILES string of the molecule is O=c1cc[nH]c2c1CCC=N2. The number of hydrogen-bond acceptors (Lipinski definition) is 2. The van der Waals surface area contributed by atoms with Crippen LogP contribution in [-0.2, 0) is 6.42 Å². The van der Waals surface area contributed by atoms with Crippen molar-refractivity contribution in [3.05, 3.63) is 28.0 Å². The Morgan fingerprint density at radius 3 is 3.27 bits per heavy atom. The molecule has 0 saturated heterocycles. The number of pyridine rings is 1. The Morgan fingerprint density at radius 1 is 1.55 bits per heavy atom. The Labute approximate surface area is 63.8 Å². The molecule has 3 nitrogen and oxygen atoms in total. The minimum absolute atomic E-state index is 0.0931. The number of aromatic nitrogens is 1. The van der Waals surface area contributed by atoms with E-state index in [2.05, 4.69) is 9.98 Å². The van der Waals surface area contributed by atoms with E-state index in [9.17, 15) is 4.79 Å². The van der Waals surface area contributed by atoms with Gasteiger partial charge in [0, 0.05) is 24.0 Å². The Balaban J connectivity index is 2.69. The van der Waals surface area contributed by atoms with Crippen LogP contribution in [0.2, 0.25) is 0 Å². The van der Waals surface area contributed by atoms with Gasteiger partial charge in [0.2, 0.25) is 0 Å². The lowest BCUT2D eigenvalue weighted by Crippen LogP contribution is -2.10. The van der Waals surface area contributed by atoms with E-state index in [-0.39, 0.29) is 5.43 Å². The Bertz CT molecular complexity index is 351. The number of aliphatic imine (C=N–C) groups is 1. The van der Waals surface area contributed by atoms with Crippen molar-refractivity contribution in [1.82, 2.24) is 4.98 Å². The van der Waals surface area contributed by atoms with Crippen molar-refractivity contribution in [3.8, 4) is 0 Å². The van der Waals surface area contributed by atoms with Gasteiger partial charge in [0.05, 0.1) is 0 Å². The number of aromatic amines is 1. The number of hydrogen-bond donors (Lipinski definition) is 1. The number of nitrogens with zero attached hydrogens (tertiary/aromatic N) is 1. The summed E-state index contributed by atoms with van der Waals surface area (Å²) in [5.41, 5.74) is 0.908. The highest BCUT2D eigenvalue weighted by molar-refractivity contribution is 5.66. The fraction of sp³-hybridized carbons (Fsp3) is 0.250. The molecular weight excluding hydrogens is 140 g/mol. The zero-order chi connectivity index (χ0) is 7.68. The molecule has 0 amide bonds. The van der Waals surface area contributed by atoms with E-state index in [4.69, 9.17) is 0 Å². The van der Waals surface area contributed by atoms with E-state index in [1.54, 1.807) is 12.3 Å². The normalized spacial score (nSPS) is 14.5. The molecule has 0 fully saturated rings. The molecule has 1 aliphatic heterocycles. The van der Waals surface area contributed by atoms with Gasteiger partial charge in [-0.05, 0) is 12.8 Å². The van der Waals surface area contributed by atoms with Crippen LogP contribution in [0.3, 0.4) is 0 Å². The highest BCUT2D eigenvalue weighted by atomic mass is 16.1. The minimum Gasteiger partial charge on any atom is -0.346 e. The number of fused-ring (bicyclic) bond motifs is 1. The molecule has 11 heavy (non-hydrogen) atoms. The van der Waals surface area contributed by atoms with Crippen LogP contribution in [0.25, 0.3) is 0 Å². The van der Waals surface area contributed by atoms with E-state index >= 15 is 0 Å². The third-order valence-electron chi connectivity index (χ3n) is 1.78. The molecule has 1 aliphatic rings. The lowest BCUT2D eigenvalue weighted by molar-refractivity contribution is 0.986. The fourth-order valence-electron chi connectivity index (χ4n) is 1.22. The van der Waals surface area contributed by atoms with Crippen molar-refractivity contribution in [2.24, 2.45) is 4.99 Å². The Morgan fingerprint density at radius 2 is 2.45 bits per heavy atom. The summed E-state index contributed by atoms with van der Waals surface area (Å²) in [5, 5.41) is 0. The topological polar surface area (TPSA) is 45.2 Å².